The summed E-state index contributed by atoms with van der Waals surface area (Å²) < 4.78 is 0. The Kier molecular flexibility index (Phi) is 4.78. The average molecular weight is 309 g/mol. The normalized spacial score (nSPS) is 10.6. The lowest BCUT2D eigenvalue weighted by Gasteiger charge is -2.06. The molecule has 1 aromatic heterocycles. The summed E-state index contributed by atoms with van der Waals surface area (Å²) in [6.45, 7) is 5.97. The first-order chi connectivity index (χ1) is 9.45. The minimum absolute atomic E-state index is 0.0181. The number of aromatic nitrogens is 1. The number of hydrogen-bond donors (Lipinski definition) is 1. The van der Waals surface area contributed by atoms with Crippen LogP contribution in [0.3, 0.4) is 0 Å². The predicted molar refractivity (Wildman–Crippen MR) is 84.7 cm³/mol. The summed E-state index contributed by atoms with van der Waals surface area (Å²) in [4.78, 5) is 17.5. The van der Waals surface area contributed by atoms with Crippen LogP contribution in [0.15, 0.2) is 18.2 Å². The second kappa shape index (κ2) is 6.37. The lowest BCUT2D eigenvalue weighted by molar-refractivity contribution is -0.116. The molecule has 0 fully saturated rings. The molecule has 0 aliphatic heterocycles. The highest BCUT2D eigenvalue weighted by Gasteiger charge is 2.08. The second-order valence-corrected chi connectivity index (χ2v) is 6.46. The van der Waals surface area contributed by atoms with Crippen molar-refractivity contribution in [2.75, 3.05) is 5.32 Å². The molecule has 1 heterocycles. The number of carbonyl (C=O) groups is 1. The first-order valence-electron chi connectivity index (χ1n) is 6.44. The van der Waals surface area contributed by atoms with Gasteiger partial charge in [0, 0.05) is 28.4 Å². The van der Waals surface area contributed by atoms with Gasteiger partial charge in [-0.1, -0.05) is 17.7 Å². The van der Waals surface area contributed by atoms with Gasteiger partial charge in [-0.3, -0.25) is 4.79 Å². The topological polar surface area (TPSA) is 42.0 Å². The summed E-state index contributed by atoms with van der Waals surface area (Å²) in [5.74, 6) is -0.0181. The van der Waals surface area contributed by atoms with Crippen molar-refractivity contribution in [3.05, 3.63) is 44.4 Å². The fraction of sp³-hybridized carbons (Fsp3) is 0.333. The molecule has 1 N–H and O–H groups in total. The molecule has 5 heteroatoms. The van der Waals surface area contributed by atoms with E-state index in [2.05, 4.69) is 10.3 Å². The number of nitrogens with one attached hydrogen (secondary N) is 1. The van der Waals surface area contributed by atoms with Crippen molar-refractivity contribution < 1.29 is 4.79 Å². The van der Waals surface area contributed by atoms with E-state index in [0.29, 0.717) is 17.9 Å². The standard InChI is InChI=1S/C15H17ClN2OS/c1-9-4-5-12(8-13(9)16)18-14(19)6-7-15-17-10(2)11(3)20-15/h4-5,8H,6-7H2,1-3H3,(H,18,19). The van der Waals surface area contributed by atoms with Crippen LogP contribution < -0.4 is 5.32 Å². The molecule has 2 aromatic rings. The zero-order chi connectivity index (χ0) is 14.7. The number of nitrogens with zero attached hydrogens (tertiary/aromatic N) is 1. The molecule has 0 aliphatic rings. The fourth-order valence-corrected chi connectivity index (χ4v) is 2.87. The van der Waals surface area contributed by atoms with E-state index in [1.165, 1.54) is 4.88 Å². The highest BCUT2D eigenvalue weighted by molar-refractivity contribution is 7.11. The van der Waals surface area contributed by atoms with Crippen LogP contribution in [0.25, 0.3) is 0 Å². The molecule has 0 aliphatic carbocycles. The Bertz CT molecular complexity index is 617. The maximum atomic E-state index is 11.9. The summed E-state index contributed by atoms with van der Waals surface area (Å²) in [6, 6.07) is 5.52. The van der Waals surface area contributed by atoms with Crippen molar-refractivity contribution in [2.24, 2.45) is 0 Å². The van der Waals surface area contributed by atoms with E-state index in [1.807, 2.05) is 32.9 Å². The molecule has 106 valence electrons. The molecule has 1 amide bonds. The summed E-state index contributed by atoms with van der Waals surface area (Å²) >= 11 is 7.69. The first-order valence-corrected chi connectivity index (χ1v) is 7.64. The minimum atomic E-state index is -0.0181. The van der Waals surface area contributed by atoms with E-state index < -0.39 is 0 Å². The van der Waals surface area contributed by atoms with Crippen LogP contribution in [0.4, 0.5) is 5.69 Å². The number of hydrogen-bond acceptors (Lipinski definition) is 3. The van der Waals surface area contributed by atoms with E-state index in [0.717, 1.165) is 22.0 Å². The lowest BCUT2D eigenvalue weighted by atomic mass is 10.2. The molecular formula is C15H17ClN2OS. The Morgan fingerprint density at radius 1 is 1.35 bits per heavy atom. The number of rotatable bonds is 4. The summed E-state index contributed by atoms with van der Waals surface area (Å²) in [5, 5.41) is 4.53. The Morgan fingerprint density at radius 3 is 2.70 bits per heavy atom. The van der Waals surface area contributed by atoms with Gasteiger partial charge in [-0.05, 0) is 38.5 Å². The van der Waals surface area contributed by atoms with E-state index in [1.54, 1.807) is 17.4 Å². The number of anilines is 1. The maximum Gasteiger partial charge on any atom is 0.224 e. The van der Waals surface area contributed by atoms with Gasteiger partial charge in [0.25, 0.3) is 0 Å². The number of carbonyl (C=O) groups excluding carboxylic acids is 1. The van der Waals surface area contributed by atoms with E-state index in [9.17, 15) is 4.79 Å². The van der Waals surface area contributed by atoms with Gasteiger partial charge in [-0.2, -0.15) is 0 Å². The van der Waals surface area contributed by atoms with E-state index >= 15 is 0 Å². The molecule has 1 aromatic carbocycles. The molecule has 0 atom stereocenters. The van der Waals surface area contributed by atoms with Gasteiger partial charge in [-0.15, -0.1) is 11.3 Å². The van der Waals surface area contributed by atoms with Crippen LogP contribution in [0.5, 0.6) is 0 Å². The Balaban J connectivity index is 1.90. The van der Waals surface area contributed by atoms with Crippen LogP contribution in [0.1, 0.15) is 27.6 Å². The first kappa shape index (κ1) is 15.0. The van der Waals surface area contributed by atoms with Crippen LogP contribution in [0, 0.1) is 20.8 Å². The molecule has 0 bridgehead atoms. The Morgan fingerprint density at radius 2 is 2.10 bits per heavy atom. The Labute approximate surface area is 128 Å². The molecule has 0 radical (unpaired) electrons. The average Bonchev–Trinajstić information content (AvgIpc) is 2.71. The number of benzene rings is 1. The van der Waals surface area contributed by atoms with Gasteiger partial charge in [0.15, 0.2) is 0 Å². The predicted octanol–water partition coefficient (Wildman–Crippen LogP) is 4.29. The zero-order valence-electron chi connectivity index (χ0n) is 11.8. The van der Waals surface area contributed by atoms with Gasteiger partial charge in [0.1, 0.15) is 0 Å². The monoisotopic (exact) mass is 308 g/mol. The van der Waals surface area contributed by atoms with Crippen molar-refractivity contribution in [2.45, 2.75) is 33.6 Å². The molecule has 0 saturated heterocycles. The molecule has 0 saturated carbocycles. The quantitative estimate of drug-likeness (QED) is 0.915. The third-order valence-corrected chi connectivity index (χ3v) is 4.63. The van der Waals surface area contributed by atoms with Crippen molar-refractivity contribution in [1.29, 1.82) is 0 Å². The summed E-state index contributed by atoms with van der Waals surface area (Å²) in [6.07, 6.45) is 1.10. The number of thiazole rings is 1. The Hall–Kier alpha value is -1.39. The van der Waals surface area contributed by atoms with E-state index in [-0.39, 0.29) is 5.91 Å². The highest BCUT2D eigenvalue weighted by Crippen LogP contribution is 2.21. The van der Waals surface area contributed by atoms with Crippen molar-refractivity contribution in [3.63, 3.8) is 0 Å². The molecule has 0 unspecified atom stereocenters. The van der Waals surface area contributed by atoms with Crippen molar-refractivity contribution in [1.82, 2.24) is 4.98 Å². The summed E-state index contributed by atoms with van der Waals surface area (Å²) in [5.41, 5.74) is 2.78. The lowest BCUT2D eigenvalue weighted by Crippen LogP contribution is -2.12. The van der Waals surface area contributed by atoms with Crippen LogP contribution in [-0.2, 0) is 11.2 Å². The molecule has 2 rings (SSSR count). The van der Waals surface area contributed by atoms with Gasteiger partial charge < -0.3 is 5.32 Å². The van der Waals surface area contributed by atoms with Crippen molar-refractivity contribution >= 4 is 34.5 Å². The highest BCUT2D eigenvalue weighted by atomic mass is 35.5. The third-order valence-electron chi connectivity index (χ3n) is 3.09. The molecule has 3 nitrogen and oxygen atoms in total. The number of amides is 1. The van der Waals surface area contributed by atoms with E-state index in [4.69, 9.17) is 11.6 Å². The van der Waals surface area contributed by atoms with Gasteiger partial charge in [-0.25, -0.2) is 4.98 Å². The smallest absolute Gasteiger partial charge is 0.224 e. The fourth-order valence-electron chi connectivity index (χ4n) is 1.76. The van der Waals surface area contributed by atoms with Crippen LogP contribution in [0.2, 0.25) is 5.02 Å². The minimum Gasteiger partial charge on any atom is -0.326 e. The van der Waals surface area contributed by atoms with Crippen LogP contribution >= 0.6 is 22.9 Å². The molecule has 0 spiro atoms. The van der Waals surface area contributed by atoms with Gasteiger partial charge in [0.2, 0.25) is 5.91 Å². The maximum absolute atomic E-state index is 11.9. The zero-order valence-corrected chi connectivity index (χ0v) is 13.4. The van der Waals surface area contributed by atoms with Gasteiger partial charge >= 0.3 is 0 Å². The number of aryl methyl sites for hydroxylation is 4. The number of halogens is 1. The SMILES string of the molecule is Cc1ccc(NC(=O)CCc2nc(C)c(C)s2)cc1Cl. The molecule has 20 heavy (non-hydrogen) atoms. The van der Waals surface area contributed by atoms with Gasteiger partial charge in [0.05, 0.1) is 10.7 Å². The summed E-state index contributed by atoms with van der Waals surface area (Å²) in [7, 11) is 0. The second-order valence-electron chi connectivity index (χ2n) is 4.76. The van der Waals surface area contributed by atoms with Crippen molar-refractivity contribution in [3.8, 4) is 0 Å². The van der Waals surface area contributed by atoms with Crippen LogP contribution in [-0.4, -0.2) is 10.9 Å². The third kappa shape index (κ3) is 3.81. The largest absolute Gasteiger partial charge is 0.326 e. The molecular weight excluding hydrogens is 292 g/mol.